The van der Waals surface area contributed by atoms with Gasteiger partial charge in [0, 0.05) is 46.0 Å². The number of hydrogen-bond acceptors (Lipinski definition) is 12. The second-order valence-corrected chi connectivity index (χ2v) is 13.5. The van der Waals surface area contributed by atoms with E-state index in [1.807, 2.05) is 37.3 Å². The number of aromatic nitrogens is 1. The predicted molar refractivity (Wildman–Crippen MR) is 213 cm³/mol. The van der Waals surface area contributed by atoms with Gasteiger partial charge in [-0.05, 0) is 33.3 Å². The summed E-state index contributed by atoms with van der Waals surface area (Å²) in [5, 5.41) is 5.48. The van der Waals surface area contributed by atoms with E-state index in [-0.39, 0.29) is 45.3 Å². The highest BCUT2D eigenvalue weighted by atomic mass is 16.7. The molecule has 1 aliphatic heterocycles. The van der Waals surface area contributed by atoms with Crippen LogP contribution in [0.2, 0.25) is 0 Å². The Balaban J connectivity index is 1.92. The highest BCUT2D eigenvalue weighted by molar-refractivity contribution is 5.95. The van der Waals surface area contributed by atoms with Crippen molar-refractivity contribution in [2.45, 2.75) is 84.8 Å². The number of likely N-dealkylation sites (N-methyl/N-ethyl adjacent to an activating group) is 1. The SMILES string of the molecule is CCC(=O)OCC(C(C)OC)N(C)C(=O)C1(NC(=O)C=CC=CC=CC=CCNC(=O)C(C)(C)C(OC(=O)CC)C(C)=CC=CC=CCc2cnco2)COCO1. The number of nitrogens with zero attached hydrogens (tertiary/aromatic N) is 2. The van der Waals surface area contributed by atoms with Crippen molar-refractivity contribution in [3.63, 3.8) is 0 Å². The van der Waals surface area contributed by atoms with Gasteiger partial charge in [-0.25, -0.2) is 4.98 Å². The summed E-state index contributed by atoms with van der Waals surface area (Å²) in [5.74, 6) is -1.55. The fourth-order valence-electron chi connectivity index (χ4n) is 5.33. The van der Waals surface area contributed by atoms with E-state index in [2.05, 4.69) is 15.6 Å². The van der Waals surface area contributed by atoms with E-state index in [0.717, 1.165) is 5.76 Å². The first-order valence-electron chi connectivity index (χ1n) is 18.7. The summed E-state index contributed by atoms with van der Waals surface area (Å²) in [5.41, 5.74) is -2.13. The van der Waals surface area contributed by atoms with E-state index in [1.165, 1.54) is 37.6 Å². The molecular weight excluding hydrogens is 736 g/mol. The topological polar surface area (TPSA) is 185 Å². The second kappa shape index (κ2) is 25.0. The summed E-state index contributed by atoms with van der Waals surface area (Å²) in [6.07, 6.45) is 25.0. The number of carbonyl (C=O) groups is 5. The number of methoxy groups -OCH3 is 1. The third-order valence-corrected chi connectivity index (χ3v) is 8.83. The molecule has 2 heterocycles. The molecule has 312 valence electrons. The van der Waals surface area contributed by atoms with Crippen LogP contribution in [0.1, 0.15) is 60.1 Å². The van der Waals surface area contributed by atoms with Crippen LogP contribution in [0.5, 0.6) is 0 Å². The average molecular weight is 795 g/mol. The van der Waals surface area contributed by atoms with Crippen LogP contribution in [0.15, 0.2) is 102 Å². The van der Waals surface area contributed by atoms with Crippen molar-refractivity contribution in [2.75, 3.05) is 40.7 Å². The number of carbonyl (C=O) groups excluding carboxylic acids is 5. The van der Waals surface area contributed by atoms with Gasteiger partial charge in [-0.1, -0.05) is 86.8 Å². The lowest BCUT2D eigenvalue weighted by Crippen LogP contribution is -2.63. The van der Waals surface area contributed by atoms with E-state index < -0.39 is 53.1 Å². The number of oxazole rings is 1. The maximum atomic E-state index is 13.6. The lowest BCUT2D eigenvalue weighted by atomic mass is 9.81. The van der Waals surface area contributed by atoms with Crippen molar-refractivity contribution >= 4 is 29.7 Å². The Hall–Kier alpha value is -5.38. The molecule has 15 nitrogen and oxygen atoms in total. The van der Waals surface area contributed by atoms with E-state index in [1.54, 1.807) is 77.3 Å². The minimum atomic E-state index is -1.78. The number of ether oxygens (including phenoxy) is 5. The molecule has 0 radical (unpaired) electrons. The lowest BCUT2D eigenvalue weighted by Gasteiger charge is -2.37. The van der Waals surface area contributed by atoms with Crippen LogP contribution in [0.4, 0.5) is 0 Å². The minimum absolute atomic E-state index is 0.101. The van der Waals surface area contributed by atoms with Gasteiger partial charge in [0.1, 0.15) is 25.1 Å². The van der Waals surface area contributed by atoms with E-state index in [0.29, 0.717) is 12.0 Å². The summed E-state index contributed by atoms with van der Waals surface area (Å²) in [6, 6.07) is -0.654. The van der Waals surface area contributed by atoms with Crippen molar-refractivity contribution in [3.8, 4) is 0 Å². The molecule has 0 aliphatic carbocycles. The number of rotatable bonds is 23. The Kier molecular flexibility index (Phi) is 20.9. The Morgan fingerprint density at radius 1 is 0.982 bits per heavy atom. The van der Waals surface area contributed by atoms with Crippen LogP contribution in [0, 0.1) is 5.41 Å². The summed E-state index contributed by atoms with van der Waals surface area (Å²) < 4.78 is 32.5. The van der Waals surface area contributed by atoms with Crippen LogP contribution < -0.4 is 10.6 Å². The Bertz CT molecular complexity index is 1670. The molecule has 4 unspecified atom stereocenters. The van der Waals surface area contributed by atoms with E-state index in [4.69, 9.17) is 28.1 Å². The van der Waals surface area contributed by atoms with E-state index in [9.17, 15) is 24.0 Å². The molecule has 0 bridgehead atoms. The maximum Gasteiger partial charge on any atom is 0.306 e. The molecule has 1 aromatic rings. The number of nitrogens with one attached hydrogen (secondary N) is 2. The molecule has 1 fully saturated rings. The van der Waals surface area contributed by atoms with Crippen LogP contribution in [0.3, 0.4) is 0 Å². The summed E-state index contributed by atoms with van der Waals surface area (Å²) in [7, 11) is 2.99. The fourth-order valence-corrected chi connectivity index (χ4v) is 5.33. The molecule has 0 saturated carbocycles. The number of amides is 3. The van der Waals surface area contributed by atoms with Gasteiger partial charge in [-0.15, -0.1) is 0 Å². The summed E-state index contributed by atoms with van der Waals surface area (Å²) >= 11 is 0. The molecule has 15 heteroatoms. The van der Waals surface area contributed by atoms with Crippen molar-refractivity contribution in [1.29, 1.82) is 0 Å². The molecule has 1 saturated heterocycles. The predicted octanol–water partition coefficient (Wildman–Crippen LogP) is 4.60. The lowest BCUT2D eigenvalue weighted by molar-refractivity contribution is -0.165. The first-order chi connectivity index (χ1) is 27.2. The highest BCUT2D eigenvalue weighted by Gasteiger charge is 2.49. The Morgan fingerprint density at radius 3 is 2.28 bits per heavy atom. The molecule has 3 amide bonds. The molecule has 57 heavy (non-hydrogen) atoms. The molecule has 2 rings (SSSR count). The highest BCUT2D eigenvalue weighted by Crippen LogP contribution is 2.30. The fraction of sp³-hybridized carbons (Fsp3) is 0.476. The largest absolute Gasteiger partial charge is 0.463 e. The molecule has 2 N–H and O–H groups in total. The van der Waals surface area contributed by atoms with Crippen molar-refractivity contribution in [3.05, 3.63) is 103 Å². The van der Waals surface area contributed by atoms with Crippen LogP contribution in [0.25, 0.3) is 0 Å². The second-order valence-electron chi connectivity index (χ2n) is 13.5. The quantitative estimate of drug-likeness (QED) is 0.0894. The Labute approximate surface area is 335 Å². The van der Waals surface area contributed by atoms with Gasteiger partial charge in [0.05, 0.1) is 23.8 Å². The number of esters is 2. The van der Waals surface area contributed by atoms with Gasteiger partial charge < -0.3 is 43.6 Å². The first kappa shape index (κ1) is 47.8. The van der Waals surface area contributed by atoms with Gasteiger partial charge in [0.15, 0.2) is 13.2 Å². The zero-order valence-electron chi connectivity index (χ0n) is 34.2. The molecule has 0 spiro atoms. The van der Waals surface area contributed by atoms with Crippen molar-refractivity contribution in [2.24, 2.45) is 5.41 Å². The zero-order chi connectivity index (χ0) is 42.3. The van der Waals surface area contributed by atoms with Crippen LogP contribution in [-0.4, -0.2) is 104 Å². The zero-order valence-corrected chi connectivity index (χ0v) is 34.2. The van der Waals surface area contributed by atoms with Crippen LogP contribution in [-0.2, 0) is 54.1 Å². The smallest absolute Gasteiger partial charge is 0.306 e. The van der Waals surface area contributed by atoms with Gasteiger partial charge in [-0.2, -0.15) is 0 Å². The Morgan fingerprint density at radius 2 is 1.65 bits per heavy atom. The monoisotopic (exact) mass is 794 g/mol. The van der Waals surface area contributed by atoms with Gasteiger partial charge in [0.25, 0.3) is 5.91 Å². The number of hydrogen-bond donors (Lipinski definition) is 2. The van der Waals surface area contributed by atoms with Crippen molar-refractivity contribution < 1.29 is 52.1 Å². The van der Waals surface area contributed by atoms with Gasteiger partial charge >= 0.3 is 11.9 Å². The van der Waals surface area contributed by atoms with Crippen molar-refractivity contribution in [1.82, 2.24) is 20.5 Å². The molecule has 4 atom stereocenters. The standard InChI is InChI=1S/C42H58N4O11/c1-9-36(48)54-27-34(32(4)52-8)46(7)40(51)42(28-53-30-56-42)45-35(47)24-20-14-12-11-13-17-21-25-44-39(50)41(5,6)38(57-37(49)10-2)31(3)22-18-15-16-19-23-33-26-43-29-55-33/h11-22,24,26,29,32,34,38H,9-10,23,25,27-28,30H2,1-8H3,(H,44,50)(H,45,47). The normalized spacial score (nSPS) is 18.2. The average Bonchev–Trinajstić information content (AvgIpc) is 3.91. The molecule has 0 aromatic carbocycles. The van der Waals surface area contributed by atoms with Gasteiger partial charge in [-0.3, -0.25) is 24.0 Å². The first-order valence-corrected chi connectivity index (χ1v) is 18.7. The van der Waals surface area contributed by atoms with Gasteiger partial charge in [0.2, 0.25) is 17.5 Å². The number of allylic oxidation sites excluding steroid dienone is 11. The summed E-state index contributed by atoms with van der Waals surface area (Å²) in [4.78, 5) is 68.9. The maximum absolute atomic E-state index is 13.6. The molecule has 1 aromatic heterocycles. The van der Waals surface area contributed by atoms with Crippen LogP contribution >= 0.6 is 0 Å². The molecular formula is C42H58N4O11. The summed E-state index contributed by atoms with van der Waals surface area (Å²) in [6.45, 7) is 10.1. The minimum Gasteiger partial charge on any atom is -0.463 e. The third kappa shape index (κ3) is 15.9. The van der Waals surface area contributed by atoms with E-state index >= 15 is 0 Å². The molecule has 1 aliphatic rings. The third-order valence-electron chi connectivity index (χ3n) is 8.83.